The third-order valence-electron chi connectivity index (χ3n) is 7.31. The molecule has 0 aromatic carbocycles. The molecule has 1 amide bonds. The Kier molecular flexibility index (Phi) is 3.96. The van der Waals surface area contributed by atoms with Gasteiger partial charge >= 0.3 is 0 Å². The fraction of sp³-hybridized carbons (Fsp3) is 0.947. The topological polar surface area (TPSA) is 38.8 Å². The fourth-order valence-corrected chi connectivity index (χ4v) is 6.53. The van der Waals surface area contributed by atoms with Gasteiger partial charge < -0.3 is 14.4 Å². The number of piperidine rings is 1. The van der Waals surface area contributed by atoms with Gasteiger partial charge in [-0.1, -0.05) is 0 Å². The molecule has 4 saturated carbocycles. The van der Waals surface area contributed by atoms with Crippen LogP contribution in [-0.2, 0) is 14.3 Å². The summed E-state index contributed by atoms with van der Waals surface area (Å²) in [6.07, 6.45) is 10.7. The van der Waals surface area contributed by atoms with Gasteiger partial charge in [-0.25, -0.2) is 0 Å². The van der Waals surface area contributed by atoms with Gasteiger partial charge in [-0.3, -0.25) is 4.79 Å². The average Bonchev–Trinajstić information content (AvgIpc) is 2.53. The molecule has 0 spiro atoms. The minimum Gasteiger partial charge on any atom is -0.353 e. The number of hydrogen-bond donors (Lipinski definition) is 0. The lowest BCUT2D eigenvalue weighted by Gasteiger charge is -2.57. The van der Waals surface area contributed by atoms with E-state index in [2.05, 4.69) is 4.90 Å². The molecule has 5 rings (SSSR count). The minimum atomic E-state index is -0.475. The van der Waals surface area contributed by atoms with Crippen molar-refractivity contribution in [2.75, 3.05) is 27.3 Å². The van der Waals surface area contributed by atoms with E-state index >= 15 is 0 Å². The van der Waals surface area contributed by atoms with E-state index in [-0.39, 0.29) is 0 Å². The smallest absolute Gasteiger partial charge is 0.223 e. The first-order valence-corrected chi connectivity index (χ1v) is 9.43. The highest BCUT2D eigenvalue weighted by Gasteiger charge is 2.52. The molecule has 1 heterocycles. The molecule has 0 aromatic heterocycles. The van der Waals surface area contributed by atoms with E-state index in [1.165, 1.54) is 38.5 Å². The van der Waals surface area contributed by atoms with Crippen molar-refractivity contribution in [1.82, 2.24) is 4.90 Å². The van der Waals surface area contributed by atoms with E-state index in [0.29, 0.717) is 11.3 Å². The maximum absolute atomic E-state index is 12.9. The molecule has 5 aliphatic rings. The number of nitrogens with zero attached hydrogens (tertiary/aromatic N) is 1. The summed E-state index contributed by atoms with van der Waals surface area (Å²) < 4.78 is 11.1. The first kappa shape index (κ1) is 15.9. The molecule has 130 valence electrons. The highest BCUT2D eigenvalue weighted by Crippen LogP contribution is 2.61. The summed E-state index contributed by atoms with van der Waals surface area (Å²) in [4.78, 5) is 15.0. The monoisotopic (exact) mass is 321 g/mol. The Hall–Kier alpha value is -0.610. The number of likely N-dealkylation sites (tertiary alicyclic amines) is 1. The number of rotatable bonds is 4. The zero-order valence-electron chi connectivity index (χ0n) is 14.7. The van der Waals surface area contributed by atoms with E-state index < -0.39 is 5.79 Å². The summed E-state index contributed by atoms with van der Waals surface area (Å²) in [5.74, 6) is 2.67. The second kappa shape index (κ2) is 5.73. The summed E-state index contributed by atoms with van der Waals surface area (Å²) in [5, 5.41) is 0. The summed E-state index contributed by atoms with van der Waals surface area (Å²) >= 11 is 0. The molecule has 4 aliphatic carbocycles. The molecular weight excluding hydrogens is 290 g/mol. The maximum atomic E-state index is 12.9. The van der Waals surface area contributed by atoms with Crippen molar-refractivity contribution in [2.45, 2.75) is 63.6 Å². The summed E-state index contributed by atoms with van der Waals surface area (Å²) in [6, 6.07) is 0. The van der Waals surface area contributed by atoms with Crippen molar-refractivity contribution in [3.8, 4) is 0 Å². The van der Waals surface area contributed by atoms with Gasteiger partial charge in [0.25, 0.3) is 0 Å². The largest absolute Gasteiger partial charge is 0.353 e. The predicted molar refractivity (Wildman–Crippen MR) is 87.8 cm³/mol. The van der Waals surface area contributed by atoms with E-state index in [9.17, 15) is 4.79 Å². The lowest BCUT2D eigenvalue weighted by atomic mass is 9.49. The van der Waals surface area contributed by atoms with Crippen LogP contribution in [-0.4, -0.2) is 43.9 Å². The summed E-state index contributed by atoms with van der Waals surface area (Å²) in [6.45, 7) is 1.54. The van der Waals surface area contributed by atoms with E-state index in [1.54, 1.807) is 14.2 Å². The van der Waals surface area contributed by atoms with E-state index in [0.717, 1.165) is 50.1 Å². The molecular formula is C19H31NO3. The van der Waals surface area contributed by atoms with Crippen molar-refractivity contribution < 1.29 is 14.3 Å². The van der Waals surface area contributed by atoms with Gasteiger partial charge in [0.2, 0.25) is 5.91 Å². The quantitative estimate of drug-likeness (QED) is 0.746. The number of ether oxygens (including phenoxy) is 2. The number of amides is 1. The van der Waals surface area contributed by atoms with Crippen molar-refractivity contribution in [3.05, 3.63) is 0 Å². The highest BCUT2D eigenvalue weighted by atomic mass is 16.7. The zero-order valence-corrected chi connectivity index (χ0v) is 14.7. The van der Waals surface area contributed by atoms with Crippen LogP contribution in [0.2, 0.25) is 0 Å². The van der Waals surface area contributed by atoms with E-state index in [4.69, 9.17) is 9.47 Å². The number of methoxy groups -OCH3 is 2. The predicted octanol–water partition coefficient (Wildman–Crippen LogP) is 3.20. The second-order valence-electron chi connectivity index (χ2n) is 8.79. The summed E-state index contributed by atoms with van der Waals surface area (Å²) in [5.41, 5.74) is 0.350. The fourth-order valence-electron chi connectivity index (χ4n) is 6.53. The molecule has 0 N–H and O–H groups in total. The number of carbonyl (C=O) groups is 1. The first-order valence-electron chi connectivity index (χ1n) is 9.43. The summed E-state index contributed by atoms with van der Waals surface area (Å²) in [7, 11) is 3.41. The van der Waals surface area contributed by atoms with Crippen LogP contribution in [0, 0.1) is 23.2 Å². The second-order valence-corrected chi connectivity index (χ2v) is 8.79. The number of carbonyl (C=O) groups excluding carboxylic acids is 1. The van der Waals surface area contributed by atoms with Gasteiger partial charge in [-0.2, -0.15) is 0 Å². The van der Waals surface area contributed by atoms with Crippen molar-refractivity contribution in [2.24, 2.45) is 23.2 Å². The third-order valence-corrected chi connectivity index (χ3v) is 7.31. The Balaban J connectivity index is 1.38. The van der Waals surface area contributed by atoms with Gasteiger partial charge in [0, 0.05) is 46.6 Å². The van der Waals surface area contributed by atoms with E-state index in [1.807, 2.05) is 0 Å². The molecule has 4 bridgehead atoms. The van der Waals surface area contributed by atoms with Crippen molar-refractivity contribution in [1.29, 1.82) is 0 Å². The average molecular weight is 321 g/mol. The molecule has 0 radical (unpaired) electrons. The molecule has 1 aliphatic heterocycles. The van der Waals surface area contributed by atoms with Crippen LogP contribution in [0.3, 0.4) is 0 Å². The molecule has 5 fully saturated rings. The van der Waals surface area contributed by atoms with Crippen LogP contribution < -0.4 is 0 Å². The third kappa shape index (κ3) is 2.82. The molecule has 0 atom stereocenters. The Bertz CT molecular complexity index is 426. The van der Waals surface area contributed by atoms with Crippen molar-refractivity contribution in [3.63, 3.8) is 0 Å². The Labute approximate surface area is 139 Å². The van der Waals surface area contributed by atoms with Crippen molar-refractivity contribution >= 4 is 5.91 Å². The van der Waals surface area contributed by atoms with Crippen LogP contribution in [0.15, 0.2) is 0 Å². The standard InChI is InChI=1S/C19H31NO3/c1-22-19(23-2)3-5-20(6-4-19)17(21)13-18-10-14-7-15(11-18)9-16(8-14)12-18/h14-16H,3-13H2,1-2H3. The molecule has 1 saturated heterocycles. The number of hydrogen-bond acceptors (Lipinski definition) is 3. The maximum Gasteiger partial charge on any atom is 0.223 e. The Morgan fingerprint density at radius 3 is 1.87 bits per heavy atom. The molecule has 23 heavy (non-hydrogen) atoms. The first-order chi connectivity index (χ1) is 11.1. The molecule has 0 unspecified atom stereocenters. The van der Waals surface area contributed by atoms with Gasteiger partial charge in [-0.05, 0) is 61.7 Å². The lowest BCUT2D eigenvalue weighted by molar-refractivity contribution is -0.229. The van der Waals surface area contributed by atoms with Crippen LogP contribution in [0.1, 0.15) is 57.8 Å². The van der Waals surface area contributed by atoms with Gasteiger partial charge in [0.05, 0.1) is 0 Å². The van der Waals surface area contributed by atoms with Crippen LogP contribution >= 0.6 is 0 Å². The highest BCUT2D eigenvalue weighted by molar-refractivity contribution is 5.77. The zero-order chi connectivity index (χ0) is 16.1. The normalized spacial score (nSPS) is 41.3. The van der Waals surface area contributed by atoms with Crippen LogP contribution in [0.4, 0.5) is 0 Å². The lowest BCUT2D eigenvalue weighted by Crippen LogP contribution is -2.51. The van der Waals surface area contributed by atoms with Gasteiger partial charge in [0.15, 0.2) is 5.79 Å². The minimum absolute atomic E-state index is 0.350. The molecule has 4 nitrogen and oxygen atoms in total. The Morgan fingerprint density at radius 1 is 0.957 bits per heavy atom. The van der Waals surface area contributed by atoms with Crippen LogP contribution in [0.5, 0.6) is 0 Å². The van der Waals surface area contributed by atoms with Crippen LogP contribution in [0.25, 0.3) is 0 Å². The SMILES string of the molecule is COC1(OC)CCN(C(=O)CC23CC4CC(CC(C4)C2)C3)CC1. The van der Waals surface area contributed by atoms with Gasteiger partial charge in [0.1, 0.15) is 0 Å². The molecule has 0 aromatic rings. The molecule has 4 heteroatoms. The van der Waals surface area contributed by atoms with Gasteiger partial charge in [-0.15, -0.1) is 0 Å². The Morgan fingerprint density at radius 2 is 1.43 bits per heavy atom.